The number of allylic oxidation sites excluding steroid dienone is 30. The smallest absolute Gasteiger partial charge is 0.463 e. The molecular weight excluding hydrogens is 1580 g/mol. The van der Waals surface area contributed by atoms with Crippen molar-refractivity contribution in [2.75, 3.05) is 39.6 Å². The van der Waals surface area contributed by atoms with Crippen molar-refractivity contribution in [2.24, 2.45) is 0 Å². The van der Waals surface area contributed by atoms with Crippen molar-refractivity contribution >= 4 is 33.6 Å². The molecule has 5 atom stereocenters. The second-order valence-corrected chi connectivity index (χ2v) is 35.4. The van der Waals surface area contributed by atoms with Crippen molar-refractivity contribution in [1.29, 1.82) is 0 Å². The van der Waals surface area contributed by atoms with Gasteiger partial charge in [-0.1, -0.05) is 409 Å². The molecule has 0 rings (SSSR count). The zero-order chi connectivity index (χ0) is 89.3. The van der Waals surface area contributed by atoms with Crippen LogP contribution >= 0.6 is 15.6 Å². The third-order valence-corrected chi connectivity index (χ3v) is 22.5. The quantitative estimate of drug-likeness (QED) is 0.0146. The molecule has 0 aromatic carbocycles. The molecule has 0 amide bonds. The lowest BCUT2D eigenvalue weighted by Gasteiger charge is -2.21. The normalized spacial score (nSPS) is 14.5. The molecule has 0 heterocycles. The maximum atomic E-state index is 13.1. The molecule has 0 aliphatic carbocycles. The van der Waals surface area contributed by atoms with Gasteiger partial charge in [0.1, 0.15) is 25.4 Å². The molecule has 0 aromatic rings. The Morgan fingerprint density at radius 1 is 0.236 bits per heavy atom. The van der Waals surface area contributed by atoms with E-state index in [1.54, 1.807) is 0 Å². The lowest BCUT2D eigenvalue weighted by Crippen LogP contribution is -2.30. The van der Waals surface area contributed by atoms with E-state index in [2.05, 4.69) is 203 Å². The minimum absolute atomic E-state index is 0.0931. The summed E-state index contributed by atoms with van der Waals surface area (Å²) in [5, 5.41) is 20.8. The van der Waals surface area contributed by atoms with E-state index in [9.17, 15) is 43.5 Å². The van der Waals surface area contributed by atoms with E-state index in [1.165, 1.54) is 180 Å². The van der Waals surface area contributed by atoms with Crippen LogP contribution in [0.1, 0.15) is 406 Å². The van der Waals surface area contributed by atoms with Crippen LogP contribution in [0.3, 0.4) is 0 Å². The number of hydrogen-bond acceptors (Lipinski definition) is 14. The molecule has 0 saturated heterocycles. The van der Waals surface area contributed by atoms with Crippen molar-refractivity contribution in [2.45, 2.75) is 424 Å². The van der Waals surface area contributed by atoms with E-state index >= 15 is 0 Å². The van der Waals surface area contributed by atoms with Crippen molar-refractivity contribution in [3.63, 3.8) is 0 Å². The van der Waals surface area contributed by atoms with Crippen LogP contribution in [0.2, 0.25) is 0 Å². The highest BCUT2D eigenvalue weighted by molar-refractivity contribution is 7.47. The molecule has 0 aliphatic rings. The maximum Gasteiger partial charge on any atom is 0.472 e. The standard InChI is InChI=1S/C105H178O16P2/c1-4-7-10-13-16-19-22-25-28-31-34-37-40-43-45-47-49-51-53-56-58-61-64-67-70-73-76-79-82-85-88-91-103(108)115-94-100(106)95-117-122(111,112)118-96-101(107)97-119-123(113,114)120-99-102(121-105(110)93-90-87-84-81-78-75-72-69-66-63-60-55-42-39-36-33-30-27-24-21-18-15-12-9-6-3)98-116-104(109)92-89-86-83-80-77-74-71-68-65-62-59-57-54-52-50-48-46-44-41-38-35-32-29-26-23-20-17-14-11-8-5-2/h7,9-10,12,16-21,25-30,34-39,43-46,49,51,55,60,100-102,106-107H,4-6,8,11,13-15,22-24,31-33,40-42,47-48,50,52-54,56-59,61-99H2,1-3H3,(H,111,112)(H,113,114)/b10-7-,12-9-,19-16-,20-17-,21-18-,28-25-,29-26-,30-27-,37-34-,38-35-,39-36-,45-43-,46-44-,51-49-,60-55-. The first-order valence-corrected chi connectivity index (χ1v) is 52.1. The first kappa shape index (κ1) is 118. The van der Waals surface area contributed by atoms with Crippen molar-refractivity contribution in [3.8, 4) is 0 Å². The Bertz CT molecular complexity index is 2970. The summed E-state index contributed by atoms with van der Waals surface area (Å²) >= 11 is 0. The monoisotopic (exact) mass is 1760 g/mol. The van der Waals surface area contributed by atoms with Crippen LogP contribution in [0.4, 0.5) is 0 Å². The van der Waals surface area contributed by atoms with Gasteiger partial charge >= 0.3 is 33.6 Å². The predicted octanol–water partition coefficient (Wildman–Crippen LogP) is 30.8. The van der Waals surface area contributed by atoms with Crippen LogP contribution in [-0.4, -0.2) is 95.9 Å². The number of unbranched alkanes of at least 4 members (excludes halogenated alkanes) is 39. The number of aliphatic hydroxyl groups excluding tert-OH is 2. The highest BCUT2D eigenvalue weighted by Gasteiger charge is 2.30. The molecule has 0 spiro atoms. The maximum absolute atomic E-state index is 13.1. The van der Waals surface area contributed by atoms with Crippen molar-refractivity contribution in [1.82, 2.24) is 0 Å². The number of ether oxygens (including phenoxy) is 3. The zero-order valence-corrected chi connectivity index (χ0v) is 79.6. The third kappa shape index (κ3) is 97.1. The van der Waals surface area contributed by atoms with E-state index in [-0.39, 0.29) is 19.3 Å². The van der Waals surface area contributed by atoms with Crippen molar-refractivity contribution < 1.29 is 75.8 Å². The first-order chi connectivity index (χ1) is 60.2. The summed E-state index contributed by atoms with van der Waals surface area (Å²) in [6.45, 7) is 2.47. The fourth-order valence-corrected chi connectivity index (χ4v) is 14.8. The van der Waals surface area contributed by atoms with E-state index in [4.69, 9.17) is 32.3 Å². The first-order valence-electron chi connectivity index (χ1n) is 49.1. The molecule has 0 saturated carbocycles. The molecule has 18 heteroatoms. The molecule has 4 N–H and O–H groups in total. The largest absolute Gasteiger partial charge is 0.472 e. The summed E-state index contributed by atoms with van der Waals surface area (Å²) in [6, 6.07) is 0. The van der Waals surface area contributed by atoms with Gasteiger partial charge in [0.25, 0.3) is 0 Å². The molecule has 0 fully saturated rings. The van der Waals surface area contributed by atoms with E-state index < -0.39 is 91.5 Å². The van der Waals surface area contributed by atoms with Crippen LogP contribution in [0.15, 0.2) is 182 Å². The molecule has 0 aliphatic heterocycles. The summed E-state index contributed by atoms with van der Waals surface area (Å²) in [5.41, 5.74) is 0. The van der Waals surface area contributed by atoms with Crippen LogP contribution in [0.25, 0.3) is 0 Å². The number of esters is 3. The Labute approximate surface area is 751 Å². The number of phosphoric ester groups is 2. The molecule has 5 unspecified atom stereocenters. The predicted molar refractivity (Wildman–Crippen MR) is 518 cm³/mol. The highest BCUT2D eigenvalue weighted by Crippen LogP contribution is 2.45. The van der Waals surface area contributed by atoms with Gasteiger partial charge in [-0.05, 0) is 161 Å². The molecular formula is C105H178O16P2. The summed E-state index contributed by atoms with van der Waals surface area (Å²) < 4.78 is 61.6. The van der Waals surface area contributed by atoms with Crippen LogP contribution < -0.4 is 0 Å². The number of hydrogen-bond donors (Lipinski definition) is 4. The highest BCUT2D eigenvalue weighted by atomic mass is 31.2. The Kier molecular flexibility index (Phi) is 91.6. The number of carbonyl (C=O) groups excluding carboxylic acids is 3. The van der Waals surface area contributed by atoms with Gasteiger partial charge in [-0.3, -0.25) is 32.5 Å². The Morgan fingerprint density at radius 2 is 0.431 bits per heavy atom. The Morgan fingerprint density at radius 3 is 0.683 bits per heavy atom. The van der Waals surface area contributed by atoms with Crippen LogP contribution in [-0.2, 0) is 55.8 Å². The topological polar surface area (TPSA) is 231 Å². The fourth-order valence-electron chi connectivity index (χ4n) is 13.2. The summed E-state index contributed by atoms with van der Waals surface area (Å²) in [7, 11) is -9.82. The SMILES string of the molecule is CC/C=C\C/C=C\C/C=C\C/C=C\C/C=C\C/C=C\CCCCCCCCCCCCCCC(=O)OCC(O)COP(=O)(O)OCC(O)COP(=O)(O)OCC(COC(=O)CCCCCCCCCCCCCCCCC/C=C\C/C=C\C/C=C\C/C=C\CCCCC)OC(=O)CCCCCCCCCCC/C=C\C/C=C\C/C=C\C/C=C\C/C=C\CC. The lowest BCUT2D eigenvalue weighted by molar-refractivity contribution is -0.161. The van der Waals surface area contributed by atoms with Gasteiger partial charge in [0.2, 0.25) is 0 Å². The molecule has 704 valence electrons. The molecule has 0 bridgehead atoms. The molecule has 0 aromatic heterocycles. The average molecular weight is 1760 g/mol. The van der Waals surface area contributed by atoms with Gasteiger partial charge < -0.3 is 34.2 Å². The minimum Gasteiger partial charge on any atom is -0.463 e. The molecule has 16 nitrogen and oxygen atoms in total. The minimum atomic E-state index is -4.95. The fraction of sp³-hybridized carbons (Fsp3) is 0.686. The number of carbonyl (C=O) groups is 3. The second kappa shape index (κ2) is 95.7. The Hall–Kier alpha value is -5.35. The van der Waals surface area contributed by atoms with Crippen LogP contribution in [0, 0.1) is 0 Å². The second-order valence-electron chi connectivity index (χ2n) is 32.5. The summed E-state index contributed by atoms with van der Waals surface area (Å²) in [6.07, 6.45) is 126. The lowest BCUT2D eigenvalue weighted by atomic mass is 10.0. The van der Waals surface area contributed by atoms with E-state index in [0.717, 1.165) is 167 Å². The van der Waals surface area contributed by atoms with Gasteiger partial charge in [0.05, 0.1) is 26.4 Å². The molecule has 123 heavy (non-hydrogen) atoms. The van der Waals surface area contributed by atoms with E-state index in [1.807, 2.05) is 0 Å². The summed E-state index contributed by atoms with van der Waals surface area (Å²) in [4.78, 5) is 59.2. The van der Waals surface area contributed by atoms with Gasteiger partial charge in [0, 0.05) is 19.3 Å². The van der Waals surface area contributed by atoms with Crippen LogP contribution in [0.5, 0.6) is 0 Å². The molecule has 0 radical (unpaired) electrons. The summed E-state index contributed by atoms with van der Waals surface area (Å²) in [5.74, 6) is -1.57. The average Bonchev–Trinajstić information content (AvgIpc) is 0.898. The number of phosphoric acid groups is 2. The van der Waals surface area contributed by atoms with Crippen molar-refractivity contribution in [3.05, 3.63) is 182 Å². The Balaban J connectivity index is 4.63. The number of aliphatic hydroxyl groups is 2. The zero-order valence-electron chi connectivity index (χ0n) is 77.8. The van der Waals surface area contributed by atoms with Gasteiger partial charge in [0.15, 0.2) is 6.10 Å². The van der Waals surface area contributed by atoms with Gasteiger partial charge in [-0.25, -0.2) is 9.13 Å². The van der Waals surface area contributed by atoms with E-state index in [0.29, 0.717) is 19.3 Å². The van der Waals surface area contributed by atoms with Gasteiger partial charge in [-0.15, -0.1) is 0 Å². The third-order valence-electron chi connectivity index (χ3n) is 20.6. The number of rotatable bonds is 92. The van der Waals surface area contributed by atoms with Gasteiger partial charge in [-0.2, -0.15) is 0 Å².